The van der Waals surface area contributed by atoms with Crippen LogP contribution in [0.4, 0.5) is 0 Å². The number of carbonyl (C=O) groups is 2. The quantitative estimate of drug-likeness (QED) is 0.609. The Morgan fingerprint density at radius 2 is 1.95 bits per heavy atom. The molecule has 0 saturated heterocycles. The van der Waals surface area contributed by atoms with E-state index >= 15 is 0 Å². The molecule has 1 atom stereocenters. The van der Waals surface area contributed by atoms with Crippen LogP contribution in [-0.4, -0.2) is 23.9 Å². The summed E-state index contributed by atoms with van der Waals surface area (Å²) in [6.45, 7) is 2.93. The Balaban J connectivity index is 2.63. The maximum atomic E-state index is 11.7. The van der Waals surface area contributed by atoms with Crippen molar-refractivity contribution in [3.05, 3.63) is 29.8 Å². The van der Waals surface area contributed by atoms with Gasteiger partial charge in [0.1, 0.15) is 18.3 Å². The van der Waals surface area contributed by atoms with Crippen LogP contribution in [0.3, 0.4) is 0 Å². The summed E-state index contributed by atoms with van der Waals surface area (Å²) in [7, 11) is 0. The van der Waals surface area contributed by atoms with E-state index in [9.17, 15) is 9.59 Å². The highest BCUT2D eigenvalue weighted by molar-refractivity contribution is 6.05. The number of ether oxygens (including phenoxy) is 1. The van der Waals surface area contributed by atoms with Crippen molar-refractivity contribution in [2.24, 2.45) is 5.92 Å². The molecule has 1 rings (SSSR count). The molecule has 0 aliphatic heterocycles. The second-order valence-electron chi connectivity index (χ2n) is 4.30. The van der Waals surface area contributed by atoms with Gasteiger partial charge in [0.15, 0.2) is 11.6 Å². The highest BCUT2D eigenvalue weighted by Gasteiger charge is 2.20. The standard InChI is InChI=1S/C15H16N2O3/c1-3-14(18)11-4-6-12(7-5-11)20-9-15(19)13(8-16)10(2)17/h4-7,13,17H,3,9H2,1-2H3/t13-/m1/s1. The molecule has 0 fully saturated rings. The second kappa shape index (κ2) is 7.19. The van der Waals surface area contributed by atoms with E-state index < -0.39 is 11.7 Å². The fourth-order valence-electron chi connectivity index (χ4n) is 1.59. The number of carbonyl (C=O) groups excluding carboxylic acids is 2. The molecule has 0 heterocycles. The number of nitrogens with one attached hydrogen (secondary N) is 1. The molecule has 0 aliphatic carbocycles. The zero-order valence-electron chi connectivity index (χ0n) is 11.5. The SMILES string of the molecule is CCC(=O)c1ccc(OCC(=O)[C@H](C#N)C(C)=N)cc1. The molecule has 0 aliphatic rings. The van der Waals surface area contributed by atoms with Crippen molar-refractivity contribution in [2.75, 3.05) is 6.61 Å². The molecule has 0 saturated carbocycles. The molecule has 0 unspecified atom stereocenters. The fourth-order valence-corrected chi connectivity index (χ4v) is 1.59. The van der Waals surface area contributed by atoms with Gasteiger partial charge in [-0.2, -0.15) is 5.26 Å². The van der Waals surface area contributed by atoms with Crippen molar-refractivity contribution in [3.8, 4) is 11.8 Å². The normalized spacial score (nSPS) is 11.2. The van der Waals surface area contributed by atoms with Gasteiger partial charge in [-0.15, -0.1) is 0 Å². The van der Waals surface area contributed by atoms with Crippen molar-refractivity contribution < 1.29 is 14.3 Å². The van der Waals surface area contributed by atoms with Gasteiger partial charge in [0, 0.05) is 17.7 Å². The molecule has 1 aromatic rings. The number of ketones is 2. The summed E-state index contributed by atoms with van der Waals surface area (Å²) < 4.78 is 5.26. The molecule has 104 valence electrons. The van der Waals surface area contributed by atoms with Gasteiger partial charge in [-0.3, -0.25) is 9.59 Å². The maximum Gasteiger partial charge on any atom is 0.192 e. The predicted octanol–water partition coefficient (Wildman–Crippen LogP) is 2.41. The Morgan fingerprint density at radius 3 is 2.40 bits per heavy atom. The number of hydrogen-bond donors (Lipinski definition) is 1. The van der Waals surface area contributed by atoms with E-state index in [0.717, 1.165) is 0 Å². The molecular formula is C15H16N2O3. The number of Topliss-reactive ketones (excluding diaryl/α,β-unsaturated/α-hetero) is 2. The van der Waals surface area contributed by atoms with Crippen molar-refractivity contribution in [1.29, 1.82) is 10.7 Å². The van der Waals surface area contributed by atoms with E-state index in [1.54, 1.807) is 37.3 Å². The molecule has 0 aromatic heterocycles. The molecule has 1 aromatic carbocycles. The summed E-state index contributed by atoms with van der Waals surface area (Å²) in [5.41, 5.74) is 0.599. The largest absolute Gasteiger partial charge is 0.486 e. The summed E-state index contributed by atoms with van der Waals surface area (Å²) in [6.07, 6.45) is 0.432. The van der Waals surface area contributed by atoms with Gasteiger partial charge >= 0.3 is 0 Å². The third kappa shape index (κ3) is 4.02. The molecule has 5 nitrogen and oxygen atoms in total. The monoisotopic (exact) mass is 272 g/mol. The van der Waals surface area contributed by atoms with Crippen molar-refractivity contribution in [1.82, 2.24) is 0 Å². The van der Waals surface area contributed by atoms with Crippen LogP contribution in [0.2, 0.25) is 0 Å². The zero-order valence-corrected chi connectivity index (χ0v) is 11.5. The highest BCUT2D eigenvalue weighted by atomic mass is 16.5. The number of benzene rings is 1. The molecule has 0 radical (unpaired) electrons. The first-order chi connectivity index (χ1) is 9.49. The summed E-state index contributed by atoms with van der Waals surface area (Å²) in [6, 6.07) is 8.25. The van der Waals surface area contributed by atoms with Gasteiger partial charge in [0.25, 0.3) is 0 Å². The number of rotatable bonds is 7. The first-order valence-corrected chi connectivity index (χ1v) is 6.23. The smallest absolute Gasteiger partial charge is 0.192 e. The number of nitrogens with zero attached hydrogens (tertiary/aromatic N) is 1. The van der Waals surface area contributed by atoms with Gasteiger partial charge in [0.2, 0.25) is 0 Å². The van der Waals surface area contributed by atoms with Crippen molar-refractivity contribution >= 4 is 17.3 Å². The van der Waals surface area contributed by atoms with Crippen molar-refractivity contribution in [3.63, 3.8) is 0 Å². The minimum atomic E-state index is -1.06. The van der Waals surface area contributed by atoms with Crippen LogP contribution >= 0.6 is 0 Å². The van der Waals surface area contributed by atoms with Gasteiger partial charge in [0.05, 0.1) is 6.07 Å². The van der Waals surface area contributed by atoms with Crippen molar-refractivity contribution in [2.45, 2.75) is 20.3 Å². The van der Waals surface area contributed by atoms with Gasteiger partial charge < -0.3 is 10.1 Å². The zero-order chi connectivity index (χ0) is 15.1. The van der Waals surface area contributed by atoms with E-state index in [-0.39, 0.29) is 18.1 Å². The fraction of sp³-hybridized carbons (Fsp3) is 0.333. The minimum Gasteiger partial charge on any atom is -0.486 e. The molecule has 20 heavy (non-hydrogen) atoms. The Kier molecular flexibility index (Phi) is 5.60. The van der Waals surface area contributed by atoms with Gasteiger partial charge in [-0.25, -0.2) is 0 Å². The average Bonchev–Trinajstić information content (AvgIpc) is 2.45. The van der Waals surface area contributed by atoms with Crippen LogP contribution in [0.5, 0.6) is 5.75 Å². The third-order valence-electron chi connectivity index (χ3n) is 2.76. The molecule has 1 N–H and O–H groups in total. The van der Waals surface area contributed by atoms with E-state index in [0.29, 0.717) is 17.7 Å². The Hall–Kier alpha value is -2.48. The summed E-state index contributed by atoms with van der Waals surface area (Å²) in [5.74, 6) is -1.02. The van der Waals surface area contributed by atoms with Gasteiger partial charge in [-0.05, 0) is 31.2 Å². The number of nitriles is 1. The minimum absolute atomic E-state index is 0.00462. The first-order valence-electron chi connectivity index (χ1n) is 6.23. The summed E-state index contributed by atoms with van der Waals surface area (Å²) in [4.78, 5) is 23.1. The van der Waals surface area contributed by atoms with E-state index in [2.05, 4.69) is 0 Å². The number of hydrogen-bond acceptors (Lipinski definition) is 5. The lowest BCUT2D eigenvalue weighted by atomic mass is 10.0. The second-order valence-corrected chi connectivity index (χ2v) is 4.30. The Morgan fingerprint density at radius 1 is 1.35 bits per heavy atom. The third-order valence-corrected chi connectivity index (χ3v) is 2.76. The van der Waals surface area contributed by atoms with Gasteiger partial charge in [-0.1, -0.05) is 6.92 Å². The topological polar surface area (TPSA) is 91.0 Å². The van der Waals surface area contributed by atoms with Crippen LogP contribution in [0.15, 0.2) is 24.3 Å². The maximum absolute atomic E-state index is 11.7. The highest BCUT2D eigenvalue weighted by Crippen LogP contribution is 2.14. The Bertz CT molecular complexity index is 555. The predicted molar refractivity (Wildman–Crippen MR) is 74.1 cm³/mol. The average molecular weight is 272 g/mol. The molecule has 5 heteroatoms. The molecule has 0 spiro atoms. The summed E-state index contributed by atoms with van der Waals surface area (Å²) in [5, 5.41) is 16.1. The lowest BCUT2D eigenvalue weighted by Gasteiger charge is -2.09. The lowest BCUT2D eigenvalue weighted by molar-refractivity contribution is -0.121. The van der Waals surface area contributed by atoms with E-state index in [1.165, 1.54) is 6.92 Å². The van der Waals surface area contributed by atoms with Crippen LogP contribution in [0, 0.1) is 22.7 Å². The van der Waals surface area contributed by atoms with Crippen LogP contribution in [0.1, 0.15) is 30.6 Å². The molecule has 0 bridgehead atoms. The van der Waals surface area contributed by atoms with E-state index in [4.69, 9.17) is 15.4 Å². The lowest BCUT2D eigenvalue weighted by Crippen LogP contribution is -2.25. The molecule has 0 amide bonds. The van der Waals surface area contributed by atoms with Crippen LogP contribution in [-0.2, 0) is 4.79 Å². The summed E-state index contributed by atoms with van der Waals surface area (Å²) >= 11 is 0. The van der Waals surface area contributed by atoms with Crippen LogP contribution in [0.25, 0.3) is 0 Å². The first kappa shape index (κ1) is 15.6. The van der Waals surface area contributed by atoms with E-state index in [1.807, 2.05) is 0 Å². The van der Waals surface area contributed by atoms with Crippen LogP contribution < -0.4 is 4.74 Å². The Labute approximate surface area is 117 Å². The molecular weight excluding hydrogens is 256 g/mol.